The summed E-state index contributed by atoms with van der Waals surface area (Å²) in [6, 6.07) is 66.8. The Kier molecular flexibility index (Phi) is 13.6. The highest BCUT2D eigenvalue weighted by atomic mass is 16.5. The maximum absolute atomic E-state index is 13.4. The van der Waals surface area contributed by atoms with Gasteiger partial charge < -0.3 is 29.6 Å². The van der Waals surface area contributed by atoms with Crippen LogP contribution in [0.2, 0.25) is 0 Å². The molecule has 9 aromatic carbocycles. The summed E-state index contributed by atoms with van der Waals surface area (Å²) in [6.45, 7) is 1.99. The molecule has 0 aliphatic heterocycles. The highest BCUT2D eigenvalue weighted by Gasteiger charge is 2.13. The Hall–Kier alpha value is -9.65. The molecule has 9 nitrogen and oxygen atoms in total. The fourth-order valence-corrected chi connectivity index (χ4v) is 7.07. The molecule has 0 atom stereocenters. The lowest BCUT2D eigenvalue weighted by Crippen LogP contribution is -2.14. The summed E-state index contributed by atoms with van der Waals surface area (Å²) in [5.74, 6) is 10.3. The predicted molar refractivity (Wildman–Crippen MR) is 268 cm³/mol. The van der Waals surface area contributed by atoms with E-state index in [1.807, 2.05) is 91.9 Å². The van der Waals surface area contributed by atoms with Crippen LogP contribution in [0, 0.1) is 18.8 Å². The number of ketones is 1. The van der Waals surface area contributed by atoms with Gasteiger partial charge in [0.25, 0.3) is 11.8 Å². The molecule has 0 saturated heterocycles. The number of carbonyl (C=O) groups is 3. The zero-order valence-electron chi connectivity index (χ0n) is 37.2. The molecule has 0 saturated carbocycles. The topological polar surface area (TPSA) is 112 Å². The van der Waals surface area contributed by atoms with Crippen molar-refractivity contribution < 1.29 is 33.3 Å². The molecule has 0 radical (unpaired) electrons. The summed E-state index contributed by atoms with van der Waals surface area (Å²) < 4.78 is 24.2. The number of anilines is 2. The Morgan fingerprint density at radius 3 is 1.19 bits per heavy atom. The van der Waals surface area contributed by atoms with E-state index in [0.717, 1.165) is 22.4 Å². The molecule has 9 rings (SSSR count). The van der Waals surface area contributed by atoms with Gasteiger partial charge in [-0.1, -0.05) is 60.4 Å². The Labute approximate surface area is 399 Å². The van der Waals surface area contributed by atoms with Gasteiger partial charge in [-0.15, -0.1) is 0 Å². The molecule has 0 heterocycles. The number of hydrogen-bond donors (Lipinski definition) is 2. The Morgan fingerprint density at radius 1 is 0.333 bits per heavy atom. The largest absolute Gasteiger partial charge is 0.457 e. The number of ether oxygens (including phenoxy) is 4. The lowest BCUT2D eigenvalue weighted by Gasteiger charge is -2.11. The minimum atomic E-state index is -0.330. The molecule has 0 bridgehead atoms. The summed E-state index contributed by atoms with van der Waals surface area (Å²) >= 11 is 0. The van der Waals surface area contributed by atoms with Crippen LogP contribution in [-0.2, 0) is 0 Å². The van der Waals surface area contributed by atoms with E-state index in [1.165, 1.54) is 0 Å². The van der Waals surface area contributed by atoms with Gasteiger partial charge in [0.05, 0.1) is 0 Å². The summed E-state index contributed by atoms with van der Waals surface area (Å²) in [5.41, 5.74) is 5.80. The molecule has 0 aromatic heterocycles. The van der Waals surface area contributed by atoms with E-state index in [9.17, 15) is 14.4 Å². The second kappa shape index (κ2) is 21.1. The van der Waals surface area contributed by atoms with Crippen LogP contribution < -0.4 is 29.6 Å². The molecule has 0 fully saturated rings. The molecule has 69 heavy (non-hydrogen) atoms. The van der Waals surface area contributed by atoms with Crippen LogP contribution in [-0.4, -0.2) is 17.6 Å². The smallest absolute Gasteiger partial charge is 0.255 e. The van der Waals surface area contributed by atoms with Crippen molar-refractivity contribution in [3.8, 4) is 57.8 Å². The van der Waals surface area contributed by atoms with Crippen molar-refractivity contribution in [2.75, 3.05) is 10.6 Å². The van der Waals surface area contributed by atoms with Crippen LogP contribution >= 0.6 is 0 Å². The summed E-state index contributed by atoms with van der Waals surface area (Å²) in [7, 11) is 0. The van der Waals surface area contributed by atoms with Crippen LogP contribution in [0.15, 0.2) is 224 Å². The maximum atomic E-state index is 13.4. The average molecular weight is 903 g/mol. The SMILES string of the molecule is Cc1cccc(Oc2ccc(C(=O)Nc3cccc(NC(=O)c4ccc(Oc5cccc(Oc6ccc(C(=O)c7ccc(Oc8cccc(C#Cc9ccccc9)c8)cc7)cc6)c5)cc4)c3)cc2)c1. The Bertz CT molecular complexity index is 3320. The van der Waals surface area contributed by atoms with E-state index in [1.54, 1.807) is 140 Å². The highest BCUT2D eigenvalue weighted by molar-refractivity contribution is 6.09. The van der Waals surface area contributed by atoms with E-state index in [2.05, 4.69) is 22.5 Å². The van der Waals surface area contributed by atoms with E-state index in [4.69, 9.17) is 18.9 Å². The number of rotatable bonds is 14. The first-order valence-corrected chi connectivity index (χ1v) is 22.0. The molecule has 9 aromatic rings. The quantitative estimate of drug-likeness (QED) is 0.0825. The van der Waals surface area contributed by atoms with Gasteiger partial charge in [-0.05, 0) is 182 Å². The standard InChI is InChI=1S/C60H42N2O7/c1-41-9-5-15-54(37-41)66-52-33-25-46(26-34-52)59(64)61-48-13-7-14-49(39-48)62-60(65)47-27-35-53(36-28-47)69-57-18-8-17-56(40-57)68-51-31-23-45(24-32-51)58(63)44-21-29-50(30-22-44)67-55-16-6-12-43(38-55)20-19-42-10-3-2-4-11-42/h2-18,21-40H,1H3,(H,61,64)(H,62,65). The van der Waals surface area contributed by atoms with E-state index < -0.39 is 0 Å². The van der Waals surface area contributed by atoms with Gasteiger partial charge in [0.1, 0.15) is 46.0 Å². The number of nitrogens with one attached hydrogen (secondary N) is 2. The van der Waals surface area contributed by atoms with E-state index in [-0.39, 0.29) is 17.6 Å². The second-order valence-corrected chi connectivity index (χ2v) is 15.8. The third-order valence-corrected chi connectivity index (χ3v) is 10.5. The monoisotopic (exact) mass is 902 g/mol. The highest BCUT2D eigenvalue weighted by Crippen LogP contribution is 2.30. The lowest BCUT2D eigenvalue weighted by molar-refractivity contribution is 0.101. The normalized spacial score (nSPS) is 10.4. The van der Waals surface area contributed by atoms with Gasteiger partial charge in [0.2, 0.25) is 0 Å². The van der Waals surface area contributed by atoms with Crippen molar-refractivity contribution in [2.24, 2.45) is 0 Å². The van der Waals surface area contributed by atoms with Crippen molar-refractivity contribution in [3.63, 3.8) is 0 Å². The maximum Gasteiger partial charge on any atom is 0.255 e. The van der Waals surface area contributed by atoms with Gasteiger partial charge in [0.15, 0.2) is 5.78 Å². The predicted octanol–water partition coefficient (Wildman–Crippen LogP) is 14.3. The van der Waals surface area contributed by atoms with Crippen molar-refractivity contribution in [3.05, 3.63) is 263 Å². The molecule has 334 valence electrons. The number of hydrogen-bond acceptors (Lipinski definition) is 7. The first-order chi connectivity index (χ1) is 33.7. The first-order valence-electron chi connectivity index (χ1n) is 22.0. The van der Waals surface area contributed by atoms with Crippen molar-refractivity contribution in [1.82, 2.24) is 0 Å². The number of amides is 2. The third-order valence-electron chi connectivity index (χ3n) is 10.5. The molecule has 0 unspecified atom stereocenters. The molecule has 0 aliphatic rings. The Balaban J connectivity index is 0.744. The summed E-state index contributed by atoms with van der Waals surface area (Å²) in [5, 5.41) is 5.78. The second-order valence-electron chi connectivity index (χ2n) is 15.8. The van der Waals surface area contributed by atoms with E-state index >= 15 is 0 Å². The van der Waals surface area contributed by atoms with Gasteiger partial charge in [-0.25, -0.2) is 0 Å². The summed E-state index contributed by atoms with van der Waals surface area (Å²) in [4.78, 5) is 39.6. The van der Waals surface area contributed by atoms with Gasteiger partial charge >= 0.3 is 0 Å². The van der Waals surface area contributed by atoms with E-state index in [0.29, 0.717) is 73.9 Å². The zero-order chi connectivity index (χ0) is 47.4. The average Bonchev–Trinajstić information content (AvgIpc) is 3.37. The molecule has 0 aliphatic carbocycles. The fourth-order valence-electron chi connectivity index (χ4n) is 7.07. The molecule has 2 N–H and O–H groups in total. The minimum Gasteiger partial charge on any atom is -0.457 e. The van der Waals surface area contributed by atoms with Crippen LogP contribution in [0.25, 0.3) is 0 Å². The molecule has 0 spiro atoms. The van der Waals surface area contributed by atoms with Crippen LogP contribution in [0.1, 0.15) is 53.3 Å². The number of benzene rings is 9. The van der Waals surface area contributed by atoms with Crippen molar-refractivity contribution in [2.45, 2.75) is 6.92 Å². The number of aryl methyl sites for hydroxylation is 1. The van der Waals surface area contributed by atoms with Gasteiger partial charge in [-0.2, -0.15) is 0 Å². The van der Waals surface area contributed by atoms with Crippen molar-refractivity contribution in [1.29, 1.82) is 0 Å². The first kappa shape index (κ1) is 44.5. The molecule has 9 heteroatoms. The number of carbonyl (C=O) groups excluding carboxylic acids is 3. The molecule has 2 amide bonds. The van der Waals surface area contributed by atoms with Crippen LogP contribution in [0.3, 0.4) is 0 Å². The van der Waals surface area contributed by atoms with Gasteiger partial charge in [0, 0.05) is 50.8 Å². The summed E-state index contributed by atoms with van der Waals surface area (Å²) in [6.07, 6.45) is 0. The molecular weight excluding hydrogens is 861 g/mol. The van der Waals surface area contributed by atoms with Crippen molar-refractivity contribution >= 4 is 29.0 Å². The zero-order valence-corrected chi connectivity index (χ0v) is 37.2. The van der Waals surface area contributed by atoms with Gasteiger partial charge in [-0.3, -0.25) is 14.4 Å². The minimum absolute atomic E-state index is 0.135. The van der Waals surface area contributed by atoms with Crippen LogP contribution in [0.4, 0.5) is 11.4 Å². The third kappa shape index (κ3) is 12.2. The molecular formula is C60H42N2O7. The lowest BCUT2D eigenvalue weighted by atomic mass is 10.0. The fraction of sp³-hybridized carbons (Fsp3) is 0.0167. The van der Waals surface area contributed by atoms with Crippen LogP contribution in [0.5, 0.6) is 46.0 Å². The Morgan fingerprint density at radius 2 is 0.710 bits per heavy atom.